The molecule has 2 amide bonds. The molecule has 0 aliphatic heterocycles. The van der Waals surface area contributed by atoms with Crippen LogP contribution in [0.15, 0.2) is 48.5 Å². The fourth-order valence-corrected chi connectivity index (χ4v) is 2.20. The van der Waals surface area contributed by atoms with E-state index in [0.29, 0.717) is 36.5 Å². The summed E-state index contributed by atoms with van der Waals surface area (Å²) in [5, 5.41) is 6.07. The molecule has 2 aromatic carbocycles. The largest absolute Gasteiger partial charge is 0.354 e. The van der Waals surface area contributed by atoms with E-state index in [4.69, 9.17) is 11.6 Å². The number of rotatable bonds is 7. The first-order chi connectivity index (χ1) is 11.5. The van der Waals surface area contributed by atoms with Gasteiger partial charge in [0.05, 0.1) is 0 Å². The number of carbonyl (C=O) groups excluding carboxylic acids is 2. The molecule has 0 spiro atoms. The van der Waals surface area contributed by atoms with Gasteiger partial charge in [-0.05, 0) is 48.4 Å². The van der Waals surface area contributed by atoms with Crippen molar-refractivity contribution >= 4 is 23.4 Å². The lowest BCUT2D eigenvalue weighted by Gasteiger charge is -2.07. The zero-order valence-corrected chi connectivity index (χ0v) is 13.8. The quantitative estimate of drug-likeness (QED) is 0.756. The molecule has 0 atom stereocenters. The number of amides is 2. The summed E-state index contributed by atoms with van der Waals surface area (Å²) < 4.78 is 12.8. The zero-order chi connectivity index (χ0) is 17.4. The van der Waals surface area contributed by atoms with E-state index >= 15 is 0 Å². The molecule has 0 radical (unpaired) electrons. The first-order valence-electron chi connectivity index (χ1n) is 7.59. The van der Waals surface area contributed by atoms with Gasteiger partial charge >= 0.3 is 0 Å². The Morgan fingerprint density at radius 3 is 2.21 bits per heavy atom. The van der Waals surface area contributed by atoms with E-state index in [9.17, 15) is 14.0 Å². The highest BCUT2D eigenvalue weighted by molar-refractivity contribution is 6.30. The predicted octanol–water partition coefficient (Wildman–Crippen LogP) is 2.96. The molecule has 126 valence electrons. The lowest BCUT2D eigenvalue weighted by Crippen LogP contribution is -2.34. The number of halogens is 2. The Bertz CT molecular complexity index is 687. The van der Waals surface area contributed by atoms with Crippen molar-refractivity contribution in [2.45, 2.75) is 12.8 Å². The van der Waals surface area contributed by atoms with E-state index in [0.717, 1.165) is 5.56 Å². The number of aryl methyl sites for hydroxylation is 1. The zero-order valence-electron chi connectivity index (χ0n) is 13.0. The van der Waals surface area contributed by atoms with E-state index in [2.05, 4.69) is 10.6 Å². The second kappa shape index (κ2) is 9.03. The molecule has 0 aromatic heterocycles. The van der Waals surface area contributed by atoms with Gasteiger partial charge in [0.15, 0.2) is 0 Å². The number of hydrogen-bond donors (Lipinski definition) is 2. The van der Waals surface area contributed by atoms with Crippen molar-refractivity contribution < 1.29 is 14.0 Å². The van der Waals surface area contributed by atoms with Crippen LogP contribution >= 0.6 is 11.6 Å². The summed E-state index contributed by atoms with van der Waals surface area (Å²) >= 11 is 5.80. The van der Waals surface area contributed by atoms with Gasteiger partial charge in [-0.1, -0.05) is 23.7 Å². The predicted molar refractivity (Wildman–Crippen MR) is 91.5 cm³/mol. The Kier molecular flexibility index (Phi) is 6.75. The molecule has 4 nitrogen and oxygen atoms in total. The van der Waals surface area contributed by atoms with Crippen LogP contribution in [0.25, 0.3) is 0 Å². The van der Waals surface area contributed by atoms with Crippen molar-refractivity contribution in [3.05, 3.63) is 70.5 Å². The summed E-state index contributed by atoms with van der Waals surface area (Å²) in [5.74, 6) is -0.772. The maximum atomic E-state index is 12.8. The normalized spacial score (nSPS) is 10.2. The smallest absolute Gasteiger partial charge is 0.251 e. The van der Waals surface area contributed by atoms with Gasteiger partial charge in [0.2, 0.25) is 5.91 Å². The van der Waals surface area contributed by atoms with Crippen LogP contribution in [0.5, 0.6) is 0 Å². The molecule has 0 aliphatic carbocycles. The highest BCUT2D eigenvalue weighted by Gasteiger charge is 2.05. The third-order valence-corrected chi connectivity index (χ3v) is 3.65. The van der Waals surface area contributed by atoms with Crippen molar-refractivity contribution in [3.8, 4) is 0 Å². The summed E-state index contributed by atoms with van der Waals surface area (Å²) in [7, 11) is 0. The van der Waals surface area contributed by atoms with Crippen molar-refractivity contribution in [3.63, 3.8) is 0 Å². The van der Waals surface area contributed by atoms with Crippen LogP contribution in [-0.2, 0) is 11.2 Å². The van der Waals surface area contributed by atoms with Crippen molar-refractivity contribution in [1.82, 2.24) is 10.6 Å². The molecule has 0 aliphatic rings. The molecule has 24 heavy (non-hydrogen) atoms. The van der Waals surface area contributed by atoms with Gasteiger partial charge in [0.25, 0.3) is 5.91 Å². The van der Waals surface area contributed by atoms with Crippen LogP contribution in [0.1, 0.15) is 22.3 Å². The van der Waals surface area contributed by atoms with Crippen molar-refractivity contribution in [2.24, 2.45) is 0 Å². The van der Waals surface area contributed by atoms with E-state index in [1.807, 2.05) is 12.1 Å². The first-order valence-corrected chi connectivity index (χ1v) is 7.97. The Hall–Kier alpha value is -2.40. The van der Waals surface area contributed by atoms with E-state index in [1.165, 1.54) is 24.3 Å². The van der Waals surface area contributed by atoms with E-state index in [-0.39, 0.29) is 17.6 Å². The molecule has 2 rings (SSSR count). The molecule has 2 N–H and O–H groups in total. The van der Waals surface area contributed by atoms with Gasteiger partial charge in [0.1, 0.15) is 5.82 Å². The minimum absolute atomic E-state index is 0.0824. The second-order valence-electron chi connectivity index (χ2n) is 5.24. The van der Waals surface area contributed by atoms with E-state index in [1.54, 1.807) is 12.1 Å². The third kappa shape index (κ3) is 6.01. The topological polar surface area (TPSA) is 58.2 Å². The lowest BCUT2D eigenvalue weighted by molar-refractivity contribution is -0.121. The monoisotopic (exact) mass is 348 g/mol. The summed E-state index contributed by atoms with van der Waals surface area (Å²) in [6.07, 6.45) is 0.998. The first kappa shape index (κ1) is 17.9. The summed E-state index contributed by atoms with van der Waals surface area (Å²) in [6.45, 7) is 0.648. The molecular formula is C18H18ClFN2O2. The van der Waals surface area contributed by atoms with Crippen molar-refractivity contribution in [2.75, 3.05) is 13.1 Å². The fourth-order valence-electron chi connectivity index (χ4n) is 2.08. The number of carbonyl (C=O) groups is 2. The van der Waals surface area contributed by atoms with Gasteiger partial charge in [-0.3, -0.25) is 9.59 Å². The highest BCUT2D eigenvalue weighted by atomic mass is 35.5. The minimum atomic E-state index is -0.389. The van der Waals surface area contributed by atoms with Gasteiger partial charge < -0.3 is 10.6 Å². The molecule has 2 aromatic rings. The van der Waals surface area contributed by atoms with Gasteiger partial charge in [-0.25, -0.2) is 4.39 Å². The molecule has 6 heteroatoms. The number of benzene rings is 2. The average Bonchev–Trinajstić information content (AvgIpc) is 2.58. The van der Waals surface area contributed by atoms with Gasteiger partial charge in [-0.2, -0.15) is 0 Å². The van der Waals surface area contributed by atoms with Crippen LogP contribution < -0.4 is 10.6 Å². The molecule has 0 bridgehead atoms. The number of hydrogen-bond acceptors (Lipinski definition) is 2. The highest BCUT2D eigenvalue weighted by Crippen LogP contribution is 2.10. The molecular weight excluding hydrogens is 331 g/mol. The minimum Gasteiger partial charge on any atom is -0.354 e. The average molecular weight is 349 g/mol. The Morgan fingerprint density at radius 1 is 0.917 bits per heavy atom. The van der Waals surface area contributed by atoms with Crippen LogP contribution in [0.2, 0.25) is 5.02 Å². The maximum Gasteiger partial charge on any atom is 0.251 e. The summed E-state index contributed by atoms with van der Waals surface area (Å²) in [4.78, 5) is 23.5. The van der Waals surface area contributed by atoms with Crippen LogP contribution in [0.4, 0.5) is 4.39 Å². The van der Waals surface area contributed by atoms with Crippen LogP contribution in [0.3, 0.4) is 0 Å². The second-order valence-corrected chi connectivity index (χ2v) is 5.68. The van der Waals surface area contributed by atoms with Gasteiger partial charge in [0, 0.05) is 30.1 Å². The Morgan fingerprint density at radius 2 is 1.54 bits per heavy atom. The van der Waals surface area contributed by atoms with Crippen LogP contribution in [-0.4, -0.2) is 24.9 Å². The molecule has 0 fully saturated rings. The van der Waals surface area contributed by atoms with Crippen molar-refractivity contribution in [1.29, 1.82) is 0 Å². The van der Waals surface area contributed by atoms with Crippen LogP contribution in [0, 0.1) is 5.82 Å². The SMILES string of the molecule is O=C(CCc1ccc(Cl)cc1)NCCNC(=O)c1ccc(F)cc1. The number of nitrogens with one attached hydrogen (secondary N) is 2. The maximum absolute atomic E-state index is 12.8. The molecule has 0 unspecified atom stereocenters. The Balaban J connectivity index is 1.63. The fraction of sp³-hybridized carbons (Fsp3) is 0.222. The van der Waals surface area contributed by atoms with Gasteiger partial charge in [-0.15, -0.1) is 0 Å². The Labute approximate surface area is 145 Å². The molecule has 0 saturated carbocycles. The van der Waals surface area contributed by atoms with E-state index < -0.39 is 0 Å². The third-order valence-electron chi connectivity index (χ3n) is 3.39. The lowest BCUT2D eigenvalue weighted by atomic mass is 10.1. The molecule has 0 saturated heterocycles. The molecule has 0 heterocycles. The summed E-state index contributed by atoms with van der Waals surface area (Å²) in [6, 6.07) is 12.6. The standard InChI is InChI=1S/C18H18ClFN2O2/c19-15-6-1-13(2-7-15)3-10-17(23)21-11-12-22-18(24)14-4-8-16(20)9-5-14/h1-2,4-9H,3,10-12H2,(H,21,23)(H,22,24). The summed E-state index contributed by atoms with van der Waals surface area (Å²) in [5.41, 5.74) is 1.42.